The van der Waals surface area contributed by atoms with Crippen LogP contribution in [-0.4, -0.2) is 11.1 Å². The molecule has 0 saturated heterocycles. The Hall–Kier alpha value is -0.960. The third kappa shape index (κ3) is 1.76. The molecule has 1 aliphatic rings. The molecule has 0 aliphatic heterocycles. The summed E-state index contributed by atoms with van der Waals surface area (Å²) in [4.78, 5) is 17.5. The number of isocyanates is 1. The van der Waals surface area contributed by atoms with Crippen molar-refractivity contribution in [2.24, 2.45) is 4.99 Å². The van der Waals surface area contributed by atoms with Crippen LogP contribution in [0.1, 0.15) is 18.4 Å². The van der Waals surface area contributed by atoms with Crippen LogP contribution in [0.2, 0.25) is 10.3 Å². The minimum Gasteiger partial charge on any atom is -0.221 e. The normalized spacial score (nSPS) is 17.0. The molecule has 0 atom stereocenters. The highest BCUT2D eigenvalue weighted by atomic mass is 35.5. The van der Waals surface area contributed by atoms with Crippen LogP contribution >= 0.6 is 23.2 Å². The monoisotopic (exact) mass is 246 g/mol. The van der Waals surface area contributed by atoms with E-state index >= 15 is 0 Å². The molecule has 1 heterocycles. The average Bonchev–Trinajstić information content (AvgIpc) is 2.93. The van der Waals surface area contributed by atoms with Gasteiger partial charge in [0.25, 0.3) is 0 Å². The quantitative estimate of drug-likeness (QED) is 0.458. The topological polar surface area (TPSA) is 42.3 Å². The number of hydrogen-bond acceptors (Lipinski definition) is 3. The number of pyridine rings is 1. The molecule has 0 unspecified atom stereocenters. The third-order valence-electron chi connectivity index (χ3n) is 2.37. The van der Waals surface area contributed by atoms with E-state index < -0.39 is 11.4 Å². The van der Waals surface area contributed by atoms with Gasteiger partial charge in [-0.3, -0.25) is 0 Å². The summed E-state index contributed by atoms with van der Waals surface area (Å²) in [6.45, 7) is 0. The highest BCUT2D eigenvalue weighted by Gasteiger charge is 2.47. The van der Waals surface area contributed by atoms with Gasteiger partial charge in [0.2, 0.25) is 6.08 Å². The van der Waals surface area contributed by atoms with Gasteiger partial charge in [0, 0.05) is 5.56 Å². The molecule has 0 amide bonds. The summed E-state index contributed by atoms with van der Waals surface area (Å²) in [7, 11) is 0. The molecule has 1 fully saturated rings. The van der Waals surface area contributed by atoms with Gasteiger partial charge in [-0.15, -0.1) is 0 Å². The lowest BCUT2D eigenvalue weighted by Gasteiger charge is -2.09. The van der Waals surface area contributed by atoms with E-state index in [0.717, 1.165) is 0 Å². The number of rotatable bonds is 2. The highest BCUT2D eigenvalue weighted by Crippen LogP contribution is 2.51. The summed E-state index contributed by atoms with van der Waals surface area (Å²) >= 11 is 11.3. The molecule has 3 nitrogen and oxygen atoms in total. The number of aliphatic imine (C=N–C) groups is 1. The van der Waals surface area contributed by atoms with Gasteiger partial charge in [0.05, 0.1) is 0 Å². The van der Waals surface area contributed by atoms with E-state index in [9.17, 15) is 9.18 Å². The summed E-state index contributed by atoms with van der Waals surface area (Å²) in [6, 6.07) is 1.17. The highest BCUT2D eigenvalue weighted by molar-refractivity contribution is 6.33. The van der Waals surface area contributed by atoms with Gasteiger partial charge in [-0.25, -0.2) is 14.2 Å². The fraction of sp³-hybridized carbons (Fsp3) is 0.333. The Morgan fingerprint density at radius 1 is 1.47 bits per heavy atom. The van der Waals surface area contributed by atoms with E-state index in [1.807, 2.05) is 0 Å². The van der Waals surface area contributed by atoms with E-state index in [1.54, 1.807) is 0 Å². The van der Waals surface area contributed by atoms with Crippen LogP contribution in [0.4, 0.5) is 4.39 Å². The van der Waals surface area contributed by atoms with E-state index in [1.165, 1.54) is 12.1 Å². The Kier molecular flexibility index (Phi) is 2.51. The fourth-order valence-electron chi connectivity index (χ4n) is 1.42. The zero-order valence-electron chi connectivity index (χ0n) is 7.43. The van der Waals surface area contributed by atoms with Crippen LogP contribution in [0.25, 0.3) is 0 Å². The standard InChI is InChI=1S/C9H5Cl2FN2O/c10-7-5(3-6(12)8(11)14-7)9(1-2-9)13-4-15/h3H,1-2H2. The van der Waals surface area contributed by atoms with Crippen molar-refractivity contribution in [1.82, 2.24) is 4.98 Å². The molecule has 1 aromatic rings. The lowest BCUT2D eigenvalue weighted by molar-refractivity contribution is 0.555. The van der Waals surface area contributed by atoms with Crippen molar-refractivity contribution in [2.45, 2.75) is 18.4 Å². The first-order valence-electron chi connectivity index (χ1n) is 4.20. The minimum absolute atomic E-state index is 0.0814. The molecule has 2 rings (SSSR count). The van der Waals surface area contributed by atoms with Gasteiger partial charge >= 0.3 is 0 Å². The summed E-state index contributed by atoms with van der Waals surface area (Å²) in [5.74, 6) is -0.663. The molecule has 78 valence electrons. The van der Waals surface area contributed by atoms with Crippen molar-refractivity contribution in [3.05, 3.63) is 27.8 Å². The smallest absolute Gasteiger partial charge is 0.221 e. The van der Waals surface area contributed by atoms with Gasteiger partial charge in [-0.2, -0.15) is 4.99 Å². The molecule has 0 aromatic carbocycles. The summed E-state index contributed by atoms with van der Waals surface area (Å²) in [6.07, 6.45) is 2.75. The van der Waals surface area contributed by atoms with Gasteiger partial charge in [0.15, 0.2) is 11.0 Å². The van der Waals surface area contributed by atoms with Gasteiger partial charge in [-0.05, 0) is 18.9 Å². The second kappa shape index (κ2) is 3.56. The van der Waals surface area contributed by atoms with Crippen LogP contribution < -0.4 is 0 Å². The first kappa shape index (κ1) is 10.6. The maximum Gasteiger partial charge on any atom is 0.235 e. The molecule has 1 saturated carbocycles. The molecule has 1 aromatic heterocycles. The van der Waals surface area contributed by atoms with Crippen molar-refractivity contribution >= 4 is 29.3 Å². The van der Waals surface area contributed by atoms with Crippen molar-refractivity contribution < 1.29 is 9.18 Å². The summed E-state index contributed by atoms with van der Waals surface area (Å²) in [5, 5.41) is -0.201. The number of carbonyl (C=O) groups excluding carboxylic acids is 1. The zero-order valence-corrected chi connectivity index (χ0v) is 8.94. The van der Waals surface area contributed by atoms with Gasteiger partial charge in [0.1, 0.15) is 10.7 Å². The van der Waals surface area contributed by atoms with E-state index in [2.05, 4.69) is 9.98 Å². The second-order valence-electron chi connectivity index (χ2n) is 3.33. The minimum atomic E-state index is -0.725. The lowest BCUT2D eigenvalue weighted by atomic mass is 10.1. The number of aromatic nitrogens is 1. The molecular weight excluding hydrogens is 242 g/mol. The SMILES string of the molecule is O=C=NC1(c2cc(F)c(Cl)nc2Cl)CC1. The molecule has 0 radical (unpaired) electrons. The van der Waals surface area contributed by atoms with Crippen LogP contribution in [0.3, 0.4) is 0 Å². The van der Waals surface area contributed by atoms with Gasteiger partial charge in [-0.1, -0.05) is 23.2 Å². The van der Waals surface area contributed by atoms with Crippen molar-refractivity contribution in [3.63, 3.8) is 0 Å². The first-order valence-corrected chi connectivity index (χ1v) is 4.96. The Morgan fingerprint density at radius 3 is 2.67 bits per heavy atom. The molecular formula is C9H5Cl2FN2O. The molecule has 0 N–H and O–H groups in total. The Bertz CT molecular complexity index is 467. The average molecular weight is 247 g/mol. The molecule has 0 spiro atoms. The maximum atomic E-state index is 13.2. The predicted molar refractivity (Wildman–Crippen MR) is 53.2 cm³/mol. The Balaban J connectivity index is 2.54. The molecule has 1 aliphatic carbocycles. The van der Waals surface area contributed by atoms with Crippen molar-refractivity contribution in [2.75, 3.05) is 0 Å². The maximum absolute atomic E-state index is 13.2. The largest absolute Gasteiger partial charge is 0.235 e. The van der Waals surface area contributed by atoms with Crippen LogP contribution in [-0.2, 0) is 10.3 Å². The number of nitrogens with zero attached hydrogens (tertiary/aromatic N) is 2. The van der Waals surface area contributed by atoms with E-state index in [-0.39, 0.29) is 10.3 Å². The number of halogens is 3. The first-order chi connectivity index (χ1) is 7.09. The Morgan fingerprint density at radius 2 is 2.13 bits per heavy atom. The van der Waals surface area contributed by atoms with Crippen LogP contribution in [0.15, 0.2) is 11.1 Å². The zero-order chi connectivity index (χ0) is 11.1. The summed E-state index contributed by atoms with van der Waals surface area (Å²) < 4.78 is 13.2. The second-order valence-corrected chi connectivity index (χ2v) is 4.05. The predicted octanol–water partition coefficient (Wildman–Crippen LogP) is 2.85. The van der Waals surface area contributed by atoms with Crippen molar-refractivity contribution in [3.8, 4) is 0 Å². The van der Waals surface area contributed by atoms with Crippen LogP contribution in [0, 0.1) is 5.82 Å². The molecule has 6 heteroatoms. The van der Waals surface area contributed by atoms with Crippen molar-refractivity contribution in [1.29, 1.82) is 0 Å². The third-order valence-corrected chi connectivity index (χ3v) is 2.92. The summed E-state index contributed by atoms with van der Waals surface area (Å²) in [5.41, 5.74) is -0.327. The van der Waals surface area contributed by atoms with E-state index in [4.69, 9.17) is 23.2 Å². The number of hydrogen-bond donors (Lipinski definition) is 0. The van der Waals surface area contributed by atoms with E-state index in [0.29, 0.717) is 18.4 Å². The fourth-order valence-corrected chi connectivity index (χ4v) is 1.92. The Labute approximate surface area is 94.9 Å². The molecule has 15 heavy (non-hydrogen) atoms. The van der Waals surface area contributed by atoms with Crippen LogP contribution in [0.5, 0.6) is 0 Å². The van der Waals surface area contributed by atoms with Gasteiger partial charge < -0.3 is 0 Å². The molecule has 0 bridgehead atoms. The lowest BCUT2D eigenvalue weighted by Crippen LogP contribution is -2.05.